The predicted molar refractivity (Wildman–Crippen MR) is 118 cm³/mol. The van der Waals surface area contributed by atoms with Gasteiger partial charge in [-0.25, -0.2) is 4.79 Å². The SMILES string of the molecule is COC(=O)c1cccc(-n2c(C)cc(/C=C(/C#N)c3ccc([N+](=O)[O-])cc3)c2C)c1C. The van der Waals surface area contributed by atoms with Gasteiger partial charge >= 0.3 is 5.97 Å². The van der Waals surface area contributed by atoms with Crippen LogP contribution in [0.1, 0.15) is 38.4 Å². The Labute approximate surface area is 180 Å². The molecule has 7 heteroatoms. The lowest BCUT2D eigenvalue weighted by molar-refractivity contribution is -0.384. The number of nitro groups is 1. The summed E-state index contributed by atoms with van der Waals surface area (Å²) in [6, 6.07) is 15.5. The van der Waals surface area contributed by atoms with Gasteiger partial charge in [-0.2, -0.15) is 5.26 Å². The van der Waals surface area contributed by atoms with E-state index in [9.17, 15) is 20.2 Å². The Balaban J connectivity index is 2.08. The van der Waals surface area contributed by atoms with Crippen LogP contribution in [0.3, 0.4) is 0 Å². The average molecular weight is 415 g/mol. The van der Waals surface area contributed by atoms with Gasteiger partial charge in [-0.15, -0.1) is 0 Å². The molecule has 31 heavy (non-hydrogen) atoms. The number of non-ortho nitro benzene ring substituents is 1. The van der Waals surface area contributed by atoms with Crippen molar-refractivity contribution in [2.24, 2.45) is 0 Å². The number of esters is 1. The third kappa shape index (κ3) is 4.09. The number of benzene rings is 2. The number of allylic oxidation sites excluding steroid dienone is 1. The van der Waals surface area contributed by atoms with E-state index in [0.29, 0.717) is 16.7 Å². The van der Waals surface area contributed by atoms with Gasteiger partial charge in [0.2, 0.25) is 0 Å². The highest BCUT2D eigenvalue weighted by atomic mass is 16.6. The van der Waals surface area contributed by atoms with Gasteiger partial charge in [-0.3, -0.25) is 10.1 Å². The molecule has 0 amide bonds. The molecule has 156 valence electrons. The first-order valence-corrected chi connectivity index (χ1v) is 9.52. The first-order valence-electron chi connectivity index (χ1n) is 9.52. The van der Waals surface area contributed by atoms with Crippen molar-refractivity contribution in [3.8, 4) is 11.8 Å². The van der Waals surface area contributed by atoms with Crippen LogP contribution in [0.4, 0.5) is 5.69 Å². The highest BCUT2D eigenvalue weighted by Crippen LogP contribution is 2.28. The van der Waals surface area contributed by atoms with Crippen molar-refractivity contribution in [2.45, 2.75) is 20.8 Å². The highest BCUT2D eigenvalue weighted by molar-refractivity contribution is 5.92. The molecule has 0 bridgehead atoms. The van der Waals surface area contributed by atoms with Crippen LogP contribution < -0.4 is 0 Å². The van der Waals surface area contributed by atoms with Gasteiger partial charge in [0.15, 0.2) is 0 Å². The van der Waals surface area contributed by atoms with Gasteiger partial charge < -0.3 is 9.30 Å². The van der Waals surface area contributed by atoms with Gasteiger partial charge in [-0.1, -0.05) is 6.07 Å². The molecule has 0 unspecified atom stereocenters. The smallest absolute Gasteiger partial charge is 0.338 e. The second-order valence-electron chi connectivity index (χ2n) is 7.08. The molecule has 0 N–H and O–H groups in total. The standard InChI is InChI=1S/C24H21N3O4/c1-15-12-19(13-20(14-25)18-8-10-21(11-9-18)27(29)30)17(3)26(15)23-7-5-6-22(16(23)2)24(28)31-4/h5-13H,1-4H3/b20-13-. The number of nitro benzene ring substituents is 1. The number of hydrogen-bond donors (Lipinski definition) is 0. The number of nitrogens with zero attached hydrogens (tertiary/aromatic N) is 3. The summed E-state index contributed by atoms with van der Waals surface area (Å²) < 4.78 is 6.90. The first kappa shape index (κ1) is 21.5. The molecule has 0 aliphatic rings. The van der Waals surface area contributed by atoms with Crippen molar-refractivity contribution >= 4 is 23.3 Å². The molecular weight excluding hydrogens is 394 g/mol. The number of ether oxygens (including phenoxy) is 1. The van der Waals surface area contributed by atoms with Crippen molar-refractivity contribution in [1.29, 1.82) is 5.26 Å². The normalized spacial score (nSPS) is 11.1. The lowest BCUT2D eigenvalue weighted by atomic mass is 10.0. The Morgan fingerprint density at radius 2 is 1.84 bits per heavy atom. The molecule has 0 aliphatic carbocycles. The summed E-state index contributed by atoms with van der Waals surface area (Å²) in [5.74, 6) is -0.396. The van der Waals surface area contributed by atoms with E-state index in [1.807, 2.05) is 37.5 Å². The number of hydrogen-bond acceptors (Lipinski definition) is 5. The molecule has 0 radical (unpaired) electrons. The number of aromatic nitrogens is 1. The van der Waals surface area contributed by atoms with Gasteiger partial charge in [0.1, 0.15) is 0 Å². The third-order valence-corrected chi connectivity index (χ3v) is 5.23. The number of nitriles is 1. The molecule has 0 atom stereocenters. The number of aryl methyl sites for hydroxylation is 1. The Hall–Kier alpha value is -4.18. The highest BCUT2D eigenvalue weighted by Gasteiger charge is 2.17. The van der Waals surface area contributed by atoms with Crippen molar-refractivity contribution < 1.29 is 14.5 Å². The molecule has 0 fully saturated rings. The molecule has 0 spiro atoms. The maximum atomic E-state index is 12.1. The van der Waals surface area contributed by atoms with Gasteiger partial charge in [-0.05, 0) is 73.9 Å². The van der Waals surface area contributed by atoms with Crippen LogP contribution in [-0.4, -0.2) is 22.6 Å². The molecule has 7 nitrogen and oxygen atoms in total. The Morgan fingerprint density at radius 1 is 1.16 bits per heavy atom. The number of methoxy groups -OCH3 is 1. The molecule has 2 aromatic carbocycles. The molecule has 0 aliphatic heterocycles. The minimum Gasteiger partial charge on any atom is -0.465 e. The molecule has 0 saturated heterocycles. The summed E-state index contributed by atoms with van der Waals surface area (Å²) >= 11 is 0. The van der Waals surface area contributed by atoms with E-state index in [0.717, 1.165) is 28.2 Å². The minimum atomic E-state index is -0.474. The van der Waals surface area contributed by atoms with E-state index < -0.39 is 10.9 Å². The maximum Gasteiger partial charge on any atom is 0.338 e. The molecular formula is C24H21N3O4. The quantitative estimate of drug-likeness (QED) is 0.248. The van der Waals surface area contributed by atoms with Crippen molar-refractivity contribution in [2.75, 3.05) is 7.11 Å². The molecule has 1 heterocycles. The summed E-state index contributed by atoms with van der Waals surface area (Å²) in [5, 5.41) is 20.5. The van der Waals surface area contributed by atoms with Gasteiger partial charge in [0, 0.05) is 29.2 Å². The predicted octanol–water partition coefficient (Wildman–Crippen LogP) is 5.16. The molecule has 1 aromatic heterocycles. The second-order valence-corrected chi connectivity index (χ2v) is 7.08. The Morgan fingerprint density at radius 3 is 2.42 bits per heavy atom. The van der Waals surface area contributed by atoms with Crippen LogP contribution in [0.15, 0.2) is 48.5 Å². The first-order chi connectivity index (χ1) is 14.8. The topological polar surface area (TPSA) is 98.2 Å². The number of carbonyl (C=O) groups is 1. The lowest BCUT2D eigenvalue weighted by Crippen LogP contribution is -2.08. The van der Waals surface area contributed by atoms with Crippen LogP contribution in [0.25, 0.3) is 17.3 Å². The van der Waals surface area contributed by atoms with Crippen LogP contribution in [-0.2, 0) is 4.74 Å². The van der Waals surface area contributed by atoms with Crippen molar-refractivity contribution in [1.82, 2.24) is 4.57 Å². The fourth-order valence-electron chi connectivity index (χ4n) is 3.60. The Bertz CT molecular complexity index is 1250. The zero-order chi connectivity index (χ0) is 22.7. The summed E-state index contributed by atoms with van der Waals surface area (Å²) in [7, 11) is 1.35. The average Bonchev–Trinajstić information content (AvgIpc) is 3.04. The van der Waals surface area contributed by atoms with Crippen molar-refractivity contribution in [3.05, 3.63) is 92.3 Å². The second kappa shape index (κ2) is 8.67. The van der Waals surface area contributed by atoms with E-state index in [2.05, 4.69) is 6.07 Å². The van der Waals surface area contributed by atoms with Crippen LogP contribution in [0.2, 0.25) is 0 Å². The van der Waals surface area contributed by atoms with E-state index in [-0.39, 0.29) is 5.69 Å². The summed E-state index contributed by atoms with van der Waals surface area (Å²) in [6.07, 6.45) is 1.76. The fraction of sp³-hybridized carbons (Fsp3) is 0.167. The fourth-order valence-corrected chi connectivity index (χ4v) is 3.60. The van der Waals surface area contributed by atoms with Crippen molar-refractivity contribution in [3.63, 3.8) is 0 Å². The van der Waals surface area contributed by atoms with E-state index in [1.165, 1.54) is 19.2 Å². The monoisotopic (exact) mass is 415 g/mol. The van der Waals surface area contributed by atoms with Crippen LogP contribution >= 0.6 is 0 Å². The van der Waals surface area contributed by atoms with E-state index >= 15 is 0 Å². The zero-order valence-corrected chi connectivity index (χ0v) is 17.7. The lowest BCUT2D eigenvalue weighted by Gasteiger charge is -2.15. The summed E-state index contributed by atoms with van der Waals surface area (Å²) in [4.78, 5) is 22.5. The number of rotatable bonds is 5. The minimum absolute atomic E-state index is 0.0276. The Kier molecular flexibility index (Phi) is 6.02. The molecule has 3 aromatic rings. The summed E-state index contributed by atoms with van der Waals surface area (Å²) in [5.41, 5.74) is 5.79. The van der Waals surface area contributed by atoms with Crippen LogP contribution in [0, 0.1) is 42.2 Å². The molecule has 3 rings (SSSR count). The summed E-state index contributed by atoms with van der Waals surface area (Å²) in [6.45, 7) is 5.76. The maximum absolute atomic E-state index is 12.1. The van der Waals surface area contributed by atoms with Crippen LogP contribution in [0.5, 0.6) is 0 Å². The van der Waals surface area contributed by atoms with Gasteiger partial charge in [0.25, 0.3) is 5.69 Å². The van der Waals surface area contributed by atoms with E-state index in [1.54, 1.807) is 30.3 Å². The van der Waals surface area contributed by atoms with Gasteiger partial charge in [0.05, 0.1) is 29.2 Å². The zero-order valence-electron chi connectivity index (χ0n) is 17.7. The van der Waals surface area contributed by atoms with E-state index in [4.69, 9.17) is 4.74 Å². The third-order valence-electron chi connectivity index (χ3n) is 5.23. The largest absolute Gasteiger partial charge is 0.465 e. The molecule has 0 saturated carbocycles. The number of carbonyl (C=O) groups excluding carboxylic acids is 1.